The Balaban J connectivity index is 1.67. The molecule has 2 atom stereocenters. The quantitative estimate of drug-likeness (QED) is 0.836. The van der Waals surface area contributed by atoms with Crippen LogP contribution in [0.1, 0.15) is 19.3 Å². The van der Waals surface area contributed by atoms with Crippen LogP contribution in [0, 0.1) is 5.92 Å². The monoisotopic (exact) mass is 388 g/mol. The number of hydrogen-bond acceptors (Lipinski definition) is 4. The predicted molar refractivity (Wildman–Crippen MR) is 110 cm³/mol. The molecule has 3 rings (SSSR count). The first kappa shape index (κ1) is 20.6. The Kier molecular flexibility index (Phi) is 6.91. The number of carbonyl (C=O) groups is 2. The number of carboxylic acids is 1. The van der Waals surface area contributed by atoms with Crippen LogP contribution in [-0.2, 0) is 4.79 Å². The van der Waals surface area contributed by atoms with E-state index in [0.717, 1.165) is 44.8 Å². The van der Waals surface area contributed by atoms with Gasteiger partial charge in [0.2, 0.25) is 0 Å². The first-order chi connectivity index (χ1) is 13.5. The second-order valence-electron chi connectivity index (χ2n) is 8.01. The Bertz CT molecular complexity index is 661. The number of benzene rings is 1. The van der Waals surface area contributed by atoms with Crippen molar-refractivity contribution in [2.75, 3.05) is 58.3 Å². The molecule has 1 aromatic rings. The molecule has 2 aliphatic rings. The van der Waals surface area contributed by atoms with E-state index in [9.17, 15) is 14.7 Å². The standard InChI is InChI=1S/C21H32N4O3/c1-22-12-14-24(15-13-22)19-10-11-25(16-17(19)8-9-20(26)27)21(28)23(2)18-6-4-3-5-7-18/h3-7,17,19H,8-16H2,1-2H3,(H,26,27)/t17-,19+/m1/s1. The summed E-state index contributed by atoms with van der Waals surface area (Å²) in [6.45, 7) is 5.46. The van der Waals surface area contributed by atoms with Crippen molar-refractivity contribution < 1.29 is 14.7 Å². The van der Waals surface area contributed by atoms with Gasteiger partial charge in [-0.15, -0.1) is 0 Å². The number of urea groups is 1. The number of likely N-dealkylation sites (tertiary alicyclic amines) is 1. The van der Waals surface area contributed by atoms with Crippen LogP contribution < -0.4 is 4.90 Å². The van der Waals surface area contributed by atoms with E-state index in [1.54, 1.807) is 11.9 Å². The van der Waals surface area contributed by atoms with E-state index in [0.29, 0.717) is 19.0 Å². The summed E-state index contributed by atoms with van der Waals surface area (Å²) in [6.07, 6.45) is 1.68. The van der Waals surface area contributed by atoms with Crippen LogP contribution in [0.25, 0.3) is 0 Å². The number of piperidine rings is 1. The normalized spacial score (nSPS) is 24.1. The third kappa shape index (κ3) is 5.02. The van der Waals surface area contributed by atoms with Crippen LogP contribution in [0.2, 0.25) is 0 Å². The van der Waals surface area contributed by atoms with Gasteiger partial charge >= 0.3 is 12.0 Å². The molecule has 0 bridgehead atoms. The number of carboxylic acid groups (broad SMARTS) is 1. The Morgan fingerprint density at radius 1 is 1.11 bits per heavy atom. The molecule has 28 heavy (non-hydrogen) atoms. The Morgan fingerprint density at radius 3 is 2.43 bits per heavy atom. The van der Waals surface area contributed by atoms with Gasteiger partial charge < -0.3 is 14.9 Å². The molecule has 2 heterocycles. The molecule has 7 nitrogen and oxygen atoms in total. The zero-order chi connectivity index (χ0) is 20.1. The number of piperazine rings is 1. The minimum absolute atomic E-state index is 0.0108. The smallest absolute Gasteiger partial charge is 0.324 e. The molecule has 0 saturated carbocycles. The molecule has 1 aromatic carbocycles. The zero-order valence-corrected chi connectivity index (χ0v) is 17.0. The molecule has 0 spiro atoms. The topological polar surface area (TPSA) is 67.3 Å². The number of anilines is 1. The fourth-order valence-electron chi connectivity index (χ4n) is 4.39. The number of nitrogens with zero attached hydrogens (tertiary/aromatic N) is 4. The zero-order valence-electron chi connectivity index (χ0n) is 17.0. The second-order valence-corrected chi connectivity index (χ2v) is 8.01. The summed E-state index contributed by atoms with van der Waals surface area (Å²) in [4.78, 5) is 32.6. The van der Waals surface area contributed by atoms with Crippen molar-refractivity contribution in [2.45, 2.75) is 25.3 Å². The third-order valence-corrected chi connectivity index (χ3v) is 6.13. The van der Waals surface area contributed by atoms with Gasteiger partial charge in [0.05, 0.1) is 0 Å². The highest BCUT2D eigenvalue weighted by atomic mass is 16.4. The maximum absolute atomic E-state index is 13.0. The van der Waals surface area contributed by atoms with Crippen LogP contribution >= 0.6 is 0 Å². The van der Waals surface area contributed by atoms with E-state index in [1.807, 2.05) is 35.2 Å². The van der Waals surface area contributed by atoms with Crippen LogP contribution in [-0.4, -0.2) is 91.2 Å². The van der Waals surface area contributed by atoms with Crippen molar-refractivity contribution in [1.82, 2.24) is 14.7 Å². The van der Waals surface area contributed by atoms with Crippen molar-refractivity contribution in [3.8, 4) is 0 Å². The van der Waals surface area contributed by atoms with Crippen LogP contribution in [0.5, 0.6) is 0 Å². The number of likely N-dealkylation sites (N-methyl/N-ethyl adjacent to an activating group) is 1. The van der Waals surface area contributed by atoms with E-state index >= 15 is 0 Å². The third-order valence-electron chi connectivity index (χ3n) is 6.13. The number of para-hydroxylation sites is 1. The van der Waals surface area contributed by atoms with Gasteiger partial charge in [-0.05, 0) is 37.9 Å². The summed E-state index contributed by atoms with van der Waals surface area (Å²) in [5.74, 6) is -0.566. The van der Waals surface area contributed by atoms with E-state index in [1.165, 1.54) is 0 Å². The van der Waals surface area contributed by atoms with Gasteiger partial charge in [-0.3, -0.25) is 14.6 Å². The first-order valence-electron chi connectivity index (χ1n) is 10.2. The summed E-state index contributed by atoms with van der Waals surface area (Å²) in [6, 6.07) is 9.99. The highest BCUT2D eigenvalue weighted by molar-refractivity contribution is 5.91. The summed E-state index contributed by atoms with van der Waals surface area (Å²) in [5, 5.41) is 9.18. The lowest BCUT2D eigenvalue weighted by molar-refractivity contribution is -0.137. The average molecular weight is 389 g/mol. The lowest BCUT2D eigenvalue weighted by atomic mass is 9.86. The van der Waals surface area contributed by atoms with Gasteiger partial charge in [0.15, 0.2) is 0 Å². The van der Waals surface area contributed by atoms with Gasteiger partial charge in [0, 0.05) is 64.5 Å². The lowest BCUT2D eigenvalue weighted by Crippen LogP contribution is -2.58. The average Bonchev–Trinajstić information content (AvgIpc) is 2.72. The minimum Gasteiger partial charge on any atom is -0.481 e. The van der Waals surface area contributed by atoms with E-state index in [4.69, 9.17) is 0 Å². The summed E-state index contributed by atoms with van der Waals surface area (Å²) >= 11 is 0. The van der Waals surface area contributed by atoms with Crippen LogP contribution in [0.15, 0.2) is 30.3 Å². The number of amides is 2. The van der Waals surface area contributed by atoms with Crippen LogP contribution in [0.3, 0.4) is 0 Å². The Hall–Kier alpha value is -2.12. The molecule has 7 heteroatoms. The van der Waals surface area contributed by atoms with Crippen LogP contribution in [0.4, 0.5) is 10.5 Å². The van der Waals surface area contributed by atoms with Gasteiger partial charge in [0.25, 0.3) is 0 Å². The second kappa shape index (κ2) is 9.39. The molecule has 154 valence electrons. The fourth-order valence-corrected chi connectivity index (χ4v) is 4.39. The minimum atomic E-state index is -0.762. The molecular formula is C21H32N4O3. The number of carbonyl (C=O) groups excluding carboxylic acids is 1. The largest absolute Gasteiger partial charge is 0.481 e. The Labute approximate surface area is 167 Å². The molecule has 0 aromatic heterocycles. The van der Waals surface area contributed by atoms with Gasteiger partial charge in [-0.25, -0.2) is 4.79 Å². The molecule has 0 aliphatic carbocycles. The highest BCUT2D eigenvalue weighted by Crippen LogP contribution is 2.28. The van der Waals surface area contributed by atoms with Gasteiger partial charge in [0.1, 0.15) is 0 Å². The van der Waals surface area contributed by atoms with Gasteiger partial charge in [-0.1, -0.05) is 18.2 Å². The molecule has 2 aliphatic heterocycles. The highest BCUT2D eigenvalue weighted by Gasteiger charge is 2.36. The molecule has 0 radical (unpaired) electrons. The molecule has 2 saturated heterocycles. The SMILES string of the molecule is CN1CCN([C@H]2CCN(C(=O)N(C)c3ccccc3)C[C@H]2CCC(=O)O)CC1. The molecular weight excluding hydrogens is 356 g/mol. The molecule has 2 fully saturated rings. The van der Waals surface area contributed by atoms with Crippen molar-refractivity contribution >= 4 is 17.7 Å². The summed E-state index contributed by atoms with van der Waals surface area (Å²) in [5.41, 5.74) is 0.871. The fraction of sp³-hybridized carbons (Fsp3) is 0.619. The van der Waals surface area contributed by atoms with Crippen molar-refractivity contribution in [1.29, 1.82) is 0 Å². The number of rotatable bonds is 5. The maximum Gasteiger partial charge on any atom is 0.324 e. The molecule has 2 amide bonds. The number of hydrogen-bond donors (Lipinski definition) is 1. The Morgan fingerprint density at radius 2 is 1.79 bits per heavy atom. The first-order valence-corrected chi connectivity index (χ1v) is 10.2. The van der Waals surface area contributed by atoms with E-state index < -0.39 is 5.97 Å². The summed E-state index contributed by atoms with van der Waals surface area (Å²) in [7, 11) is 3.94. The maximum atomic E-state index is 13.0. The molecule has 0 unspecified atom stereocenters. The van der Waals surface area contributed by atoms with Crippen molar-refractivity contribution in [2.24, 2.45) is 5.92 Å². The summed E-state index contributed by atoms with van der Waals surface area (Å²) < 4.78 is 0. The van der Waals surface area contributed by atoms with E-state index in [-0.39, 0.29) is 18.4 Å². The lowest BCUT2D eigenvalue weighted by Gasteiger charge is -2.46. The predicted octanol–water partition coefficient (Wildman–Crippen LogP) is 2.05. The van der Waals surface area contributed by atoms with Crippen molar-refractivity contribution in [3.63, 3.8) is 0 Å². The van der Waals surface area contributed by atoms with Gasteiger partial charge in [-0.2, -0.15) is 0 Å². The van der Waals surface area contributed by atoms with Crippen molar-refractivity contribution in [3.05, 3.63) is 30.3 Å². The molecule has 1 N–H and O–H groups in total. The number of aliphatic carboxylic acids is 1. The van der Waals surface area contributed by atoms with E-state index in [2.05, 4.69) is 16.8 Å².